The average molecular weight is 388 g/mol. The van der Waals surface area contributed by atoms with E-state index in [0.717, 1.165) is 11.8 Å². The molecule has 0 aliphatic heterocycles. The molecule has 2 amide bonds. The summed E-state index contributed by atoms with van der Waals surface area (Å²) < 4.78 is 22.8. The number of hydrogen-bond donors (Lipinski definition) is 2. The Morgan fingerprint density at radius 1 is 1.00 bits per heavy atom. The topological polar surface area (TPSA) is 92.3 Å². The van der Waals surface area contributed by atoms with E-state index in [1.807, 2.05) is 26.0 Å². The van der Waals surface area contributed by atoms with E-state index in [1.165, 1.54) is 0 Å². The van der Waals surface area contributed by atoms with Gasteiger partial charge in [-0.25, -0.2) is 8.42 Å². The van der Waals surface area contributed by atoms with Gasteiger partial charge in [0.2, 0.25) is 5.91 Å². The smallest absolute Gasteiger partial charge is 0.251 e. The lowest BCUT2D eigenvalue weighted by atomic mass is 10.1. The highest BCUT2D eigenvalue weighted by atomic mass is 32.2. The number of amides is 2. The third kappa shape index (κ3) is 6.86. The lowest BCUT2D eigenvalue weighted by Gasteiger charge is -2.10. The number of benzene rings is 2. The number of sulfone groups is 1. The molecule has 0 spiro atoms. The van der Waals surface area contributed by atoms with Crippen molar-refractivity contribution in [1.29, 1.82) is 0 Å². The molecule has 6 nitrogen and oxygen atoms in total. The fourth-order valence-electron chi connectivity index (χ4n) is 2.44. The van der Waals surface area contributed by atoms with Crippen molar-refractivity contribution >= 4 is 27.3 Å². The molecular weight excluding hydrogens is 364 g/mol. The van der Waals surface area contributed by atoms with Gasteiger partial charge in [-0.3, -0.25) is 9.59 Å². The Morgan fingerprint density at radius 2 is 1.67 bits per heavy atom. The zero-order valence-electron chi connectivity index (χ0n) is 15.7. The second-order valence-corrected chi connectivity index (χ2v) is 8.94. The van der Waals surface area contributed by atoms with Crippen molar-refractivity contribution in [1.82, 2.24) is 5.32 Å². The minimum Gasteiger partial charge on any atom is -0.348 e. The van der Waals surface area contributed by atoms with Crippen LogP contribution in [-0.2, 0) is 26.9 Å². The van der Waals surface area contributed by atoms with Crippen molar-refractivity contribution in [3.63, 3.8) is 0 Å². The fourth-order valence-corrected chi connectivity index (χ4v) is 3.22. The Hall–Kier alpha value is -2.67. The fraction of sp³-hybridized carbons (Fsp3) is 0.300. The van der Waals surface area contributed by atoms with Crippen LogP contribution in [0.2, 0.25) is 0 Å². The molecule has 0 unspecified atom stereocenters. The van der Waals surface area contributed by atoms with E-state index in [9.17, 15) is 18.0 Å². The Morgan fingerprint density at radius 3 is 2.33 bits per heavy atom. The van der Waals surface area contributed by atoms with Crippen LogP contribution in [-0.4, -0.2) is 26.5 Å². The SMILES string of the molecule is CC(C)C(=O)Nc1cccc(CNC(=O)c2cccc(CS(C)(=O)=O)c2)c1. The minimum absolute atomic E-state index is 0.0705. The Labute approximate surface area is 159 Å². The van der Waals surface area contributed by atoms with Gasteiger partial charge in [-0.2, -0.15) is 0 Å². The predicted octanol–water partition coefficient (Wildman–Crippen LogP) is 2.76. The summed E-state index contributed by atoms with van der Waals surface area (Å²) in [4.78, 5) is 24.1. The molecule has 0 radical (unpaired) electrons. The normalized spacial score (nSPS) is 11.3. The molecule has 2 rings (SSSR count). The van der Waals surface area contributed by atoms with E-state index < -0.39 is 9.84 Å². The van der Waals surface area contributed by atoms with E-state index >= 15 is 0 Å². The quantitative estimate of drug-likeness (QED) is 0.763. The molecule has 0 fully saturated rings. The van der Waals surface area contributed by atoms with Gasteiger partial charge in [0.15, 0.2) is 9.84 Å². The molecule has 144 valence electrons. The lowest BCUT2D eigenvalue weighted by Crippen LogP contribution is -2.23. The van der Waals surface area contributed by atoms with Crippen LogP contribution in [0.3, 0.4) is 0 Å². The molecule has 0 bridgehead atoms. The maximum absolute atomic E-state index is 12.4. The van der Waals surface area contributed by atoms with Crippen molar-refractivity contribution in [2.24, 2.45) is 5.92 Å². The molecule has 0 aliphatic rings. The molecule has 0 aromatic heterocycles. The highest BCUT2D eigenvalue weighted by molar-refractivity contribution is 7.89. The van der Waals surface area contributed by atoms with E-state index in [2.05, 4.69) is 10.6 Å². The molecule has 2 aromatic carbocycles. The van der Waals surface area contributed by atoms with Gasteiger partial charge >= 0.3 is 0 Å². The van der Waals surface area contributed by atoms with Crippen LogP contribution in [0.15, 0.2) is 48.5 Å². The summed E-state index contributed by atoms with van der Waals surface area (Å²) in [5.74, 6) is -0.584. The summed E-state index contributed by atoms with van der Waals surface area (Å²) >= 11 is 0. The van der Waals surface area contributed by atoms with Gasteiger partial charge in [-0.15, -0.1) is 0 Å². The summed E-state index contributed by atoms with van der Waals surface area (Å²) in [5.41, 5.74) is 2.50. The first kappa shape index (κ1) is 20.6. The van der Waals surface area contributed by atoms with Gasteiger partial charge in [0, 0.05) is 30.0 Å². The van der Waals surface area contributed by atoms with Gasteiger partial charge in [0.25, 0.3) is 5.91 Å². The van der Waals surface area contributed by atoms with Crippen molar-refractivity contribution in [2.45, 2.75) is 26.1 Å². The summed E-state index contributed by atoms with van der Waals surface area (Å²) in [6, 6.07) is 13.8. The lowest BCUT2D eigenvalue weighted by molar-refractivity contribution is -0.118. The third-order valence-corrected chi connectivity index (χ3v) is 4.65. The molecule has 0 aliphatic carbocycles. The third-order valence-electron chi connectivity index (χ3n) is 3.79. The molecule has 7 heteroatoms. The molecule has 2 N–H and O–H groups in total. The zero-order valence-corrected chi connectivity index (χ0v) is 16.5. The Balaban J connectivity index is 2.01. The van der Waals surface area contributed by atoms with Crippen LogP contribution >= 0.6 is 0 Å². The highest BCUT2D eigenvalue weighted by Gasteiger charge is 2.10. The molecule has 2 aromatic rings. The maximum Gasteiger partial charge on any atom is 0.251 e. The second-order valence-electron chi connectivity index (χ2n) is 6.80. The summed E-state index contributed by atoms with van der Waals surface area (Å²) in [5, 5.41) is 5.63. The van der Waals surface area contributed by atoms with Crippen molar-refractivity contribution in [3.8, 4) is 0 Å². The Kier molecular flexibility index (Phi) is 6.74. The maximum atomic E-state index is 12.4. The first-order valence-electron chi connectivity index (χ1n) is 8.59. The first-order chi connectivity index (χ1) is 12.6. The van der Waals surface area contributed by atoms with E-state index in [-0.39, 0.29) is 23.5 Å². The van der Waals surface area contributed by atoms with Crippen molar-refractivity contribution in [3.05, 3.63) is 65.2 Å². The van der Waals surface area contributed by atoms with Crippen LogP contribution in [0.1, 0.15) is 35.3 Å². The van der Waals surface area contributed by atoms with Crippen LogP contribution < -0.4 is 10.6 Å². The first-order valence-corrected chi connectivity index (χ1v) is 10.6. The van der Waals surface area contributed by atoms with E-state index in [4.69, 9.17) is 0 Å². The number of rotatable bonds is 7. The van der Waals surface area contributed by atoms with Gasteiger partial charge < -0.3 is 10.6 Å². The predicted molar refractivity (Wildman–Crippen MR) is 106 cm³/mol. The van der Waals surface area contributed by atoms with Crippen LogP contribution in [0.5, 0.6) is 0 Å². The standard InChI is InChI=1S/C20H24N2O4S/c1-14(2)19(23)22-18-9-5-6-15(11-18)12-21-20(24)17-8-4-7-16(10-17)13-27(3,25)26/h4-11,14H,12-13H2,1-3H3,(H,21,24)(H,22,23). The molecular formula is C20H24N2O4S. The van der Waals surface area contributed by atoms with Crippen molar-refractivity contribution < 1.29 is 18.0 Å². The zero-order chi connectivity index (χ0) is 20.0. The molecule has 0 saturated heterocycles. The molecule has 0 heterocycles. The van der Waals surface area contributed by atoms with E-state index in [0.29, 0.717) is 23.4 Å². The molecule has 0 saturated carbocycles. The number of nitrogens with one attached hydrogen (secondary N) is 2. The number of carbonyl (C=O) groups excluding carboxylic acids is 2. The summed E-state index contributed by atoms with van der Waals surface area (Å²) in [7, 11) is -3.16. The van der Waals surface area contributed by atoms with Crippen LogP contribution in [0, 0.1) is 5.92 Å². The van der Waals surface area contributed by atoms with Gasteiger partial charge in [0.05, 0.1) is 5.75 Å². The van der Waals surface area contributed by atoms with Gasteiger partial charge in [-0.1, -0.05) is 38.1 Å². The van der Waals surface area contributed by atoms with Gasteiger partial charge in [-0.05, 0) is 35.4 Å². The summed E-state index contributed by atoms with van der Waals surface area (Å²) in [6.45, 7) is 3.93. The molecule has 27 heavy (non-hydrogen) atoms. The van der Waals surface area contributed by atoms with Crippen LogP contribution in [0.4, 0.5) is 5.69 Å². The minimum atomic E-state index is -3.16. The monoisotopic (exact) mass is 388 g/mol. The average Bonchev–Trinajstić information content (AvgIpc) is 2.58. The highest BCUT2D eigenvalue weighted by Crippen LogP contribution is 2.13. The largest absolute Gasteiger partial charge is 0.348 e. The van der Waals surface area contributed by atoms with Crippen LogP contribution in [0.25, 0.3) is 0 Å². The molecule has 0 atom stereocenters. The number of carbonyl (C=O) groups is 2. The van der Waals surface area contributed by atoms with Crippen molar-refractivity contribution in [2.75, 3.05) is 11.6 Å². The number of anilines is 1. The second kappa shape index (κ2) is 8.81. The summed E-state index contributed by atoms with van der Waals surface area (Å²) in [6.07, 6.45) is 1.16. The van der Waals surface area contributed by atoms with E-state index in [1.54, 1.807) is 36.4 Å². The van der Waals surface area contributed by atoms with Gasteiger partial charge in [0.1, 0.15) is 0 Å². The number of hydrogen-bond acceptors (Lipinski definition) is 4. The Bertz CT molecular complexity index is 937.